The number of primary amides is 1. The minimum atomic E-state index is -1.39. The molecule has 0 aliphatic rings. The summed E-state index contributed by atoms with van der Waals surface area (Å²) in [5.74, 6) is -8.00. The Labute approximate surface area is 567 Å². The predicted octanol–water partition coefficient (Wildman–Crippen LogP) is -3.30. The van der Waals surface area contributed by atoms with Gasteiger partial charge in [0.25, 0.3) is 0 Å². The number of H-pyrrole nitrogens is 1. The Morgan fingerprint density at radius 2 is 0.979 bits per heavy atom. The van der Waals surface area contributed by atoms with Crippen molar-refractivity contribution < 1.29 is 67.4 Å². The lowest BCUT2D eigenvalue weighted by Gasteiger charge is -2.25. The van der Waals surface area contributed by atoms with Crippen LogP contribution in [0.3, 0.4) is 0 Å². The van der Waals surface area contributed by atoms with Crippen molar-refractivity contribution in [3.05, 3.63) is 36.0 Å². The molecule has 1 heterocycles. The molecule has 0 saturated heterocycles. The summed E-state index contributed by atoms with van der Waals surface area (Å²) in [6, 6.07) is -1.49. The van der Waals surface area contributed by atoms with Crippen LogP contribution < -0.4 is 92.5 Å². The van der Waals surface area contributed by atoms with Crippen molar-refractivity contribution in [2.75, 3.05) is 45.8 Å². The van der Waals surface area contributed by atoms with E-state index in [4.69, 9.17) is 28.7 Å². The molecule has 0 aliphatic heterocycles. The van der Waals surface area contributed by atoms with E-state index in [1.807, 2.05) is 52.0 Å². The fraction of sp³-hybridized carbons (Fsp3) is 0.656. The molecule has 0 radical (unpaired) electrons. The number of aliphatic imine (C=N–C) groups is 1. The number of aromatic nitrogens is 1. The topological polar surface area (TPSA) is 545 Å². The summed E-state index contributed by atoms with van der Waals surface area (Å²) in [4.78, 5) is 175. The van der Waals surface area contributed by atoms with Crippen LogP contribution in [-0.2, 0) is 68.7 Å². The second-order valence-corrected chi connectivity index (χ2v) is 25.0. The molecule has 97 heavy (non-hydrogen) atoms. The van der Waals surface area contributed by atoms with Crippen molar-refractivity contribution in [2.45, 2.75) is 212 Å². The van der Waals surface area contributed by atoms with E-state index in [1.165, 1.54) is 20.8 Å². The van der Waals surface area contributed by atoms with Gasteiger partial charge in [-0.15, -0.1) is 0 Å². The number of carbonyl (C=O) groups is 13. The Hall–Kier alpha value is -8.98. The molecular formula is C64H109N19O14. The monoisotopic (exact) mass is 1370 g/mol. The van der Waals surface area contributed by atoms with Gasteiger partial charge in [-0.05, 0) is 141 Å². The van der Waals surface area contributed by atoms with Gasteiger partial charge in [-0.3, -0.25) is 67.3 Å². The lowest BCUT2D eigenvalue weighted by molar-refractivity contribution is -0.134. The average molecular weight is 1370 g/mol. The van der Waals surface area contributed by atoms with Gasteiger partial charge in [0.05, 0.1) is 25.2 Å². The van der Waals surface area contributed by atoms with E-state index in [-0.39, 0.29) is 94.1 Å². The Kier molecular flexibility index (Phi) is 40.1. The highest BCUT2D eigenvalue weighted by Gasteiger charge is 2.33. The van der Waals surface area contributed by atoms with Crippen LogP contribution >= 0.6 is 0 Å². The van der Waals surface area contributed by atoms with E-state index in [0.717, 1.165) is 16.5 Å². The van der Waals surface area contributed by atoms with Gasteiger partial charge in [-0.1, -0.05) is 45.9 Å². The first kappa shape index (κ1) is 84.1. The standard InChI is InChI=1S/C64H109N19O14/c1-37(2)31-48(56(67)90)82-62(96)49(32-38(3)4)80-54(89)36-76-57(91)39(5)77-58(92)40(6)78-61(95)47(22-18-30-73-64(68)69)79-53(88)35-75-52(87)25-12-16-28-71-50(85)23-11-15-27-70-51(86)24-13-17-29-72-60(94)46(21-10-14-26-65)81-63(97)55(41(7)84)83-59(93)44(66)33-42-34-74-45-20-9-8-19-43(42)45/h8-9,19-20,34,37-41,44,46-49,55,74,84H,10-18,21-33,35-36,65-66H2,1-7H3,(H2,67,90)(H,70,86)(H,71,85)(H,72,94)(H,75,87)(H,76,91)(H,77,92)(H,78,95)(H,79,88)(H,80,89)(H,81,97)(H,82,96)(H,83,93)(H4,68,69,73)/t39-,40-,41+,44-,46-,47-,48-,49-,55+/m0/s1. The number of amides is 13. The lowest BCUT2D eigenvalue weighted by atomic mass is 10.0. The Bertz CT molecular complexity index is 2920. The molecular weight excluding hydrogens is 1260 g/mol. The first-order chi connectivity index (χ1) is 45.9. The summed E-state index contributed by atoms with van der Waals surface area (Å²) in [5.41, 5.74) is 29.9. The maximum absolute atomic E-state index is 13.4. The Morgan fingerprint density at radius 3 is 1.55 bits per heavy atom. The quantitative estimate of drug-likeness (QED) is 0.0175. The van der Waals surface area contributed by atoms with Gasteiger partial charge in [0, 0.05) is 62.5 Å². The first-order valence-electron chi connectivity index (χ1n) is 33.4. The number of guanidine groups is 1. The van der Waals surface area contributed by atoms with Crippen molar-refractivity contribution in [1.82, 2.24) is 68.8 Å². The molecule has 1 aromatic carbocycles. The summed E-state index contributed by atoms with van der Waals surface area (Å²) in [5, 5.41) is 42.5. The molecule has 1 aromatic heterocycles. The van der Waals surface area contributed by atoms with E-state index in [0.29, 0.717) is 77.4 Å². The maximum Gasteiger partial charge on any atom is 0.245 e. The largest absolute Gasteiger partial charge is 0.391 e. The molecule has 24 N–H and O–H groups in total. The van der Waals surface area contributed by atoms with Gasteiger partial charge in [0.1, 0.15) is 42.3 Å². The summed E-state index contributed by atoms with van der Waals surface area (Å²) in [7, 11) is 0. The zero-order valence-corrected chi connectivity index (χ0v) is 57.3. The van der Waals surface area contributed by atoms with Crippen molar-refractivity contribution in [2.24, 2.45) is 45.5 Å². The second kappa shape index (κ2) is 46.2. The SMILES string of the molecule is CC(C)C[C@H](NC(=O)[C@H](CC(C)C)NC(=O)CNC(=O)[C@H](C)NC(=O)[C@H](C)NC(=O)[C@H](CCCN=C(N)N)NC(=O)CNC(=O)CCCCNC(=O)CCCCNC(=O)CCCCNC(=O)[C@H](CCCCN)NC(=O)[C@H](NC(=O)[C@@H](N)Cc1c[nH]c2ccccc12)[C@@H](C)O)C(N)=O. The van der Waals surface area contributed by atoms with Gasteiger partial charge in [-0.2, -0.15) is 0 Å². The number of nitrogens with two attached hydrogens (primary N) is 5. The summed E-state index contributed by atoms with van der Waals surface area (Å²) >= 11 is 0. The third-order valence-electron chi connectivity index (χ3n) is 15.2. The molecule has 2 rings (SSSR count). The molecule has 9 atom stereocenters. The number of para-hydroxylation sites is 1. The highest BCUT2D eigenvalue weighted by Crippen LogP contribution is 2.19. The van der Waals surface area contributed by atoms with Crippen molar-refractivity contribution in [3.63, 3.8) is 0 Å². The molecule has 0 aliphatic carbocycles. The van der Waals surface area contributed by atoms with E-state index in [9.17, 15) is 67.4 Å². The molecule has 0 bridgehead atoms. The Morgan fingerprint density at radius 1 is 0.485 bits per heavy atom. The van der Waals surface area contributed by atoms with Crippen LogP contribution in [0.15, 0.2) is 35.5 Å². The van der Waals surface area contributed by atoms with E-state index < -0.39 is 133 Å². The molecule has 33 nitrogen and oxygen atoms in total. The number of aliphatic hydroxyl groups excluding tert-OH is 1. The number of hydrogen-bond acceptors (Lipinski definition) is 17. The molecule has 0 fully saturated rings. The molecule has 13 amide bonds. The Balaban J connectivity index is 1.70. The van der Waals surface area contributed by atoms with Crippen LogP contribution in [-0.4, -0.2) is 193 Å². The number of aromatic amines is 1. The zero-order valence-electron chi connectivity index (χ0n) is 57.3. The van der Waals surface area contributed by atoms with Crippen molar-refractivity contribution in [3.8, 4) is 0 Å². The van der Waals surface area contributed by atoms with Crippen LogP contribution in [0.4, 0.5) is 0 Å². The van der Waals surface area contributed by atoms with Crippen LogP contribution in [0.5, 0.6) is 0 Å². The number of carbonyl (C=O) groups excluding carboxylic acids is 13. The van der Waals surface area contributed by atoms with E-state index in [2.05, 4.69) is 73.8 Å². The number of nitrogens with one attached hydrogen (secondary N) is 13. The number of unbranched alkanes of at least 4 members (excludes halogenated alkanes) is 4. The number of nitrogens with zero attached hydrogens (tertiary/aromatic N) is 1. The van der Waals surface area contributed by atoms with Crippen molar-refractivity contribution >= 4 is 93.7 Å². The maximum atomic E-state index is 13.4. The smallest absolute Gasteiger partial charge is 0.245 e. The van der Waals surface area contributed by atoms with Crippen molar-refractivity contribution in [1.29, 1.82) is 0 Å². The fourth-order valence-electron chi connectivity index (χ4n) is 9.84. The minimum absolute atomic E-state index is 0.0214. The molecule has 0 unspecified atom stereocenters. The van der Waals surface area contributed by atoms with E-state index in [1.54, 1.807) is 6.20 Å². The molecule has 2 aromatic rings. The van der Waals surface area contributed by atoms with Crippen LogP contribution in [0.2, 0.25) is 0 Å². The van der Waals surface area contributed by atoms with Crippen LogP contribution in [0, 0.1) is 11.8 Å². The summed E-state index contributed by atoms with van der Waals surface area (Å²) in [6.07, 6.45) is 5.98. The average Bonchev–Trinajstić information content (AvgIpc) is 1.71. The lowest BCUT2D eigenvalue weighted by Crippen LogP contribution is -2.59. The van der Waals surface area contributed by atoms with Gasteiger partial charge in [0.2, 0.25) is 76.8 Å². The number of fused-ring (bicyclic) bond motifs is 1. The zero-order chi connectivity index (χ0) is 72.6. The van der Waals surface area contributed by atoms with Crippen LogP contribution in [0.1, 0.15) is 157 Å². The summed E-state index contributed by atoms with van der Waals surface area (Å²) in [6.45, 7) is 11.7. The number of hydrogen-bond donors (Lipinski definition) is 19. The molecule has 0 spiro atoms. The molecule has 33 heteroatoms. The minimum Gasteiger partial charge on any atom is -0.391 e. The molecule has 0 saturated carbocycles. The second-order valence-electron chi connectivity index (χ2n) is 25.0. The third kappa shape index (κ3) is 35.5. The first-order valence-corrected chi connectivity index (χ1v) is 33.4. The van der Waals surface area contributed by atoms with Gasteiger partial charge in [0.15, 0.2) is 5.96 Å². The van der Waals surface area contributed by atoms with Gasteiger partial charge < -0.3 is 103 Å². The summed E-state index contributed by atoms with van der Waals surface area (Å²) < 4.78 is 0. The fourth-order valence-corrected chi connectivity index (χ4v) is 9.84. The predicted molar refractivity (Wildman–Crippen MR) is 364 cm³/mol. The number of rotatable bonds is 49. The molecule has 544 valence electrons. The third-order valence-corrected chi connectivity index (χ3v) is 15.2. The van der Waals surface area contributed by atoms with Gasteiger partial charge in [-0.25, -0.2) is 0 Å². The highest BCUT2D eigenvalue weighted by atomic mass is 16.3. The van der Waals surface area contributed by atoms with Crippen LogP contribution in [0.25, 0.3) is 10.9 Å². The van der Waals surface area contributed by atoms with Gasteiger partial charge >= 0.3 is 0 Å². The highest BCUT2D eigenvalue weighted by molar-refractivity contribution is 5.97. The normalized spacial score (nSPS) is 13.9. The number of aliphatic hydroxyl groups is 1. The van der Waals surface area contributed by atoms with E-state index >= 15 is 0 Å². The number of benzene rings is 1.